The predicted molar refractivity (Wildman–Crippen MR) is 149 cm³/mol. The fraction of sp³-hybridized carbons (Fsp3) is 0.704. The zero-order chi connectivity index (χ0) is 26.3. The number of hydrogen-bond acceptors (Lipinski definition) is 5. The van der Waals surface area contributed by atoms with Gasteiger partial charge >= 0.3 is 201 Å². The number of ketones is 1. The molecule has 1 atom stereocenters. The van der Waals surface area contributed by atoms with Crippen LogP contribution in [0.3, 0.4) is 0 Å². The molecule has 0 bridgehead atoms. The summed E-state index contributed by atoms with van der Waals surface area (Å²) < 4.78 is 4.78. The predicted octanol–water partition coefficient (Wildman–Crippen LogP) is 8.58. The Morgan fingerprint density at radius 3 is 2.00 bits per heavy atom. The molecule has 1 unspecified atom stereocenters. The van der Waals surface area contributed by atoms with E-state index < -0.39 is 23.5 Å². The van der Waals surface area contributed by atoms with E-state index in [4.69, 9.17) is 16.3 Å². The van der Waals surface area contributed by atoms with Gasteiger partial charge in [-0.2, -0.15) is 0 Å². The number of nitro groups is 1. The molecule has 8 heteroatoms. The van der Waals surface area contributed by atoms with E-state index in [1.54, 1.807) is 19.1 Å². The van der Waals surface area contributed by atoms with Gasteiger partial charge in [0.25, 0.3) is 0 Å². The zero-order valence-corrected chi connectivity index (χ0v) is 23.8. The number of hydrogen-bond donors (Lipinski definition) is 0. The summed E-state index contributed by atoms with van der Waals surface area (Å²) in [4.78, 5) is 34.9. The first kappa shape index (κ1) is 31.5. The van der Waals surface area contributed by atoms with Crippen LogP contribution >= 0.6 is 18.9 Å². The molecule has 0 spiro atoms. The normalized spacial score (nSPS) is 12.8. The van der Waals surface area contributed by atoms with E-state index >= 15 is 0 Å². The van der Waals surface area contributed by atoms with E-state index in [0.717, 1.165) is 12.8 Å². The number of nitro benzene ring substituents is 1. The minimum absolute atomic E-state index is 0.0533. The maximum atomic E-state index is 12.9. The Hall–Kier alpha value is -1.52. The first-order valence-electron chi connectivity index (χ1n) is 13.3. The first-order valence-corrected chi connectivity index (χ1v) is 16.5. The van der Waals surface area contributed by atoms with Crippen LogP contribution in [0.4, 0.5) is 10.5 Å². The van der Waals surface area contributed by atoms with E-state index in [1.165, 1.54) is 69.2 Å². The van der Waals surface area contributed by atoms with Crippen molar-refractivity contribution >= 4 is 35.8 Å². The Labute approximate surface area is 217 Å². The van der Waals surface area contributed by atoms with Gasteiger partial charge in [-0.3, -0.25) is 0 Å². The second-order valence-corrected chi connectivity index (χ2v) is 15.2. The van der Waals surface area contributed by atoms with Crippen molar-refractivity contribution in [3.8, 4) is 0 Å². The van der Waals surface area contributed by atoms with Crippen LogP contribution in [0.5, 0.6) is 0 Å². The summed E-state index contributed by atoms with van der Waals surface area (Å²) in [6, 6.07) is 4.60. The molecule has 0 saturated carbocycles. The summed E-state index contributed by atoms with van der Waals surface area (Å²) >= 11 is 5.20. The molecule has 0 aromatic heterocycles. The number of nitrogens with zero attached hydrogens (tertiary/aromatic N) is 1. The summed E-state index contributed by atoms with van der Waals surface area (Å²) in [5, 5.41) is 11.6. The van der Waals surface area contributed by atoms with E-state index in [-0.39, 0.29) is 18.1 Å². The summed E-state index contributed by atoms with van der Waals surface area (Å²) in [7, 11) is -1.32. The number of carbonyl (C=O) groups is 2. The van der Waals surface area contributed by atoms with Crippen LogP contribution in [-0.2, 0) is 4.74 Å². The van der Waals surface area contributed by atoms with Gasteiger partial charge in [0, 0.05) is 11.6 Å². The third-order valence-electron chi connectivity index (χ3n) is 7.07. The van der Waals surface area contributed by atoms with Crippen molar-refractivity contribution in [1.82, 2.24) is 0 Å². The molecule has 0 radical (unpaired) electrons. The zero-order valence-electron chi connectivity index (χ0n) is 22.1. The van der Waals surface area contributed by atoms with Gasteiger partial charge in [-0.15, -0.1) is 0 Å². The molecule has 0 saturated heterocycles. The summed E-state index contributed by atoms with van der Waals surface area (Å²) in [5.74, 6) is -0.461. The van der Waals surface area contributed by atoms with Crippen LogP contribution in [0, 0.1) is 10.1 Å². The molecule has 0 aliphatic carbocycles. The Bertz CT molecular complexity index is 795. The molecule has 0 heterocycles. The minimum atomic E-state index is -1.32. The van der Waals surface area contributed by atoms with Crippen LogP contribution in [0.2, 0.25) is 0 Å². The Kier molecular flexibility index (Phi) is 15.3. The molecule has 0 N–H and O–H groups in total. The number of unbranched alkanes of at least 4 members (excludes halogenated alkanes) is 4. The van der Waals surface area contributed by atoms with Crippen molar-refractivity contribution < 1.29 is 19.2 Å². The molecular weight excluding hydrogens is 485 g/mol. The third-order valence-corrected chi connectivity index (χ3v) is 12.8. The van der Waals surface area contributed by atoms with Crippen molar-refractivity contribution in [2.75, 3.05) is 31.3 Å². The number of halogens is 1. The van der Waals surface area contributed by atoms with E-state index in [0.29, 0.717) is 17.5 Å². The molecule has 6 nitrogen and oxygen atoms in total. The number of rotatable bonds is 19. The number of ether oxygens (including phenoxy) is 1. The average Bonchev–Trinajstić information content (AvgIpc) is 2.85. The first-order chi connectivity index (χ1) is 16.7. The molecule has 0 fully saturated rings. The van der Waals surface area contributed by atoms with Crippen LogP contribution < -0.4 is 0 Å². The van der Waals surface area contributed by atoms with Gasteiger partial charge in [0.1, 0.15) is 0 Å². The average molecular weight is 530 g/mol. The standard InChI is InChI=1S/C27H45ClNO5P/c1-5-8-16-35(17-9-6-2,18-10-7-3)19-12-11-13-26(30)23-14-15-24(25(20-23)29(32)33)22(4)21-34-27(28)31/h14-15,20,22,35H,5-13,16-19,21H2,1-4H3. The van der Waals surface area contributed by atoms with Gasteiger partial charge in [0.05, 0.1) is 0 Å². The van der Waals surface area contributed by atoms with Crippen molar-refractivity contribution in [1.29, 1.82) is 0 Å². The van der Waals surface area contributed by atoms with Crippen LogP contribution in [0.25, 0.3) is 0 Å². The van der Waals surface area contributed by atoms with Crippen LogP contribution in [0.1, 0.15) is 107 Å². The molecule has 200 valence electrons. The Morgan fingerprint density at radius 2 is 1.51 bits per heavy atom. The molecule has 0 aliphatic rings. The van der Waals surface area contributed by atoms with Gasteiger partial charge in [0.2, 0.25) is 0 Å². The number of benzene rings is 1. The topological polar surface area (TPSA) is 86.5 Å². The molecule has 1 rings (SSSR count). The monoisotopic (exact) mass is 529 g/mol. The van der Waals surface area contributed by atoms with E-state index in [1.807, 2.05) is 0 Å². The van der Waals surface area contributed by atoms with Gasteiger partial charge in [-0.05, 0) is 0 Å². The molecule has 0 amide bonds. The van der Waals surface area contributed by atoms with Crippen LogP contribution in [-0.4, -0.2) is 47.4 Å². The number of carbonyl (C=O) groups excluding carboxylic acids is 2. The Balaban J connectivity index is 2.82. The van der Waals surface area contributed by atoms with E-state index in [9.17, 15) is 19.7 Å². The van der Waals surface area contributed by atoms with Crippen LogP contribution in [0.15, 0.2) is 18.2 Å². The van der Waals surface area contributed by atoms with Crippen molar-refractivity contribution in [3.63, 3.8) is 0 Å². The molecular formula is C27H45ClNO5P. The molecule has 35 heavy (non-hydrogen) atoms. The van der Waals surface area contributed by atoms with Gasteiger partial charge in [-0.25, -0.2) is 4.79 Å². The molecule has 1 aromatic carbocycles. The van der Waals surface area contributed by atoms with Crippen molar-refractivity contribution in [2.45, 2.75) is 91.4 Å². The molecule has 1 aromatic rings. The maximum absolute atomic E-state index is 12.9. The quantitative estimate of drug-likeness (QED) is 0.0447. The summed E-state index contributed by atoms with van der Waals surface area (Å²) in [5.41, 5.74) is -0.284. The van der Waals surface area contributed by atoms with Gasteiger partial charge in [0.15, 0.2) is 0 Å². The fourth-order valence-corrected chi connectivity index (χ4v) is 10.8. The second kappa shape index (κ2) is 17.0. The third kappa shape index (κ3) is 11.4. The van der Waals surface area contributed by atoms with Gasteiger partial charge < -0.3 is 0 Å². The van der Waals surface area contributed by atoms with Crippen molar-refractivity contribution in [2.24, 2.45) is 0 Å². The number of Topliss-reactive ketones (excluding diaryl/α,β-unsaturated/α-hetero) is 1. The second-order valence-electron chi connectivity index (χ2n) is 9.92. The van der Waals surface area contributed by atoms with Gasteiger partial charge in [-0.1, -0.05) is 0 Å². The molecule has 0 aliphatic heterocycles. The Morgan fingerprint density at radius 1 is 0.971 bits per heavy atom. The summed E-state index contributed by atoms with van der Waals surface area (Å²) in [6.07, 6.45) is 15.5. The van der Waals surface area contributed by atoms with Crippen molar-refractivity contribution in [3.05, 3.63) is 39.4 Å². The summed E-state index contributed by atoms with van der Waals surface area (Å²) in [6.45, 7) is 8.47. The van der Waals surface area contributed by atoms with E-state index in [2.05, 4.69) is 20.8 Å². The fourth-order valence-electron chi connectivity index (χ4n) is 4.91. The SMILES string of the molecule is CCCC[PH](CCCC)(CCCC)CCCCC(=O)c1ccc(C(C)COC(=O)Cl)c([N+](=O)[O-])c1.